The van der Waals surface area contributed by atoms with Gasteiger partial charge in [0.05, 0.1) is 5.69 Å². The molecular formula is C12H15ClN2O3. The van der Waals surface area contributed by atoms with Crippen LogP contribution in [0.15, 0.2) is 18.2 Å². The van der Waals surface area contributed by atoms with Crippen LogP contribution >= 0.6 is 11.6 Å². The largest absolute Gasteiger partial charge is 0.506 e. The van der Waals surface area contributed by atoms with Crippen LogP contribution in [0, 0.1) is 6.92 Å². The molecule has 0 saturated carbocycles. The zero-order chi connectivity index (χ0) is 13.5. The summed E-state index contributed by atoms with van der Waals surface area (Å²) in [4.78, 5) is 22.9. The Hall–Kier alpha value is -1.75. The molecule has 1 aromatic carbocycles. The first kappa shape index (κ1) is 14.3. The molecule has 0 fully saturated rings. The average Bonchev–Trinajstić information content (AvgIpc) is 2.34. The number of phenolic OH excluding ortho intramolecular Hbond substituents is 1. The molecule has 98 valence electrons. The summed E-state index contributed by atoms with van der Waals surface area (Å²) < 4.78 is 0. The van der Waals surface area contributed by atoms with Crippen LogP contribution in [-0.4, -0.2) is 29.3 Å². The first-order chi connectivity index (χ1) is 8.54. The van der Waals surface area contributed by atoms with Crippen molar-refractivity contribution in [2.75, 3.05) is 17.7 Å². The lowest BCUT2D eigenvalue weighted by Gasteiger charge is -2.08. The van der Waals surface area contributed by atoms with Crippen LogP contribution in [0.4, 0.5) is 5.69 Å². The highest BCUT2D eigenvalue weighted by atomic mass is 35.5. The second-order valence-electron chi connectivity index (χ2n) is 3.77. The minimum Gasteiger partial charge on any atom is -0.506 e. The molecule has 0 aliphatic heterocycles. The molecule has 0 radical (unpaired) electrons. The number of carbonyl (C=O) groups excluding carboxylic acids is 2. The smallest absolute Gasteiger partial charge is 0.313 e. The van der Waals surface area contributed by atoms with Crippen molar-refractivity contribution >= 4 is 29.1 Å². The highest BCUT2D eigenvalue weighted by Gasteiger charge is 2.14. The van der Waals surface area contributed by atoms with Gasteiger partial charge in [0.2, 0.25) is 0 Å². The first-order valence-electron chi connectivity index (χ1n) is 5.49. The van der Waals surface area contributed by atoms with Gasteiger partial charge in [-0.05, 0) is 31.0 Å². The van der Waals surface area contributed by atoms with Crippen molar-refractivity contribution in [3.8, 4) is 5.75 Å². The zero-order valence-electron chi connectivity index (χ0n) is 10.00. The molecule has 0 bridgehead atoms. The van der Waals surface area contributed by atoms with Gasteiger partial charge in [0.1, 0.15) is 5.75 Å². The molecule has 1 rings (SSSR count). The number of nitrogens with one attached hydrogen (secondary N) is 2. The topological polar surface area (TPSA) is 78.4 Å². The molecular weight excluding hydrogens is 256 g/mol. The standard InChI is InChI=1S/C12H15ClN2O3/c1-8-3-4-10(16)9(7-8)15-12(18)11(17)14-6-2-5-13/h3-4,7,16H,2,5-6H2,1H3,(H,14,17)(H,15,18). The van der Waals surface area contributed by atoms with E-state index in [9.17, 15) is 14.7 Å². The summed E-state index contributed by atoms with van der Waals surface area (Å²) in [6.07, 6.45) is 0.594. The van der Waals surface area contributed by atoms with Crippen LogP contribution in [0.1, 0.15) is 12.0 Å². The van der Waals surface area contributed by atoms with Crippen molar-refractivity contribution in [2.45, 2.75) is 13.3 Å². The summed E-state index contributed by atoms with van der Waals surface area (Å²) in [5.41, 5.74) is 1.08. The molecule has 0 heterocycles. The van der Waals surface area contributed by atoms with E-state index in [2.05, 4.69) is 10.6 Å². The van der Waals surface area contributed by atoms with Gasteiger partial charge in [0, 0.05) is 12.4 Å². The number of alkyl halides is 1. The number of phenols is 1. The first-order valence-corrected chi connectivity index (χ1v) is 6.03. The van der Waals surface area contributed by atoms with E-state index in [1.165, 1.54) is 6.07 Å². The van der Waals surface area contributed by atoms with E-state index in [0.717, 1.165) is 5.56 Å². The second-order valence-corrected chi connectivity index (χ2v) is 4.15. The number of rotatable bonds is 4. The van der Waals surface area contributed by atoms with Crippen LogP contribution in [0.5, 0.6) is 5.75 Å². The van der Waals surface area contributed by atoms with Crippen LogP contribution in [-0.2, 0) is 9.59 Å². The fourth-order valence-corrected chi connectivity index (χ4v) is 1.41. The Labute approximate surface area is 110 Å². The van der Waals surface area contributed by atoms with Gasteiger partial charge in [0.15, 0.2) is 0 Å². The van der Waals surface area contributed by atoms with Crippen LogP contribution < -0.4 is 10.6 Å². The number of amides is 2. The van der Waals surface area contributed by atoms with Gasteiger partial charge < -0.3 is 15.7 Å². The molecule has 5 nitrogen and oxygen atoms in total. The van der Waals surface area contributed by atoms with E-state index < -0.39 is 11.8 Å². The Morgan fingerprint density at radius 3 is 2.72 bits per heavy atom. The Morgan fingerprint density at radius 1 is 1.33 bits per heavy atom. The third-order valence-corrected chi connectivity index (χ3v) is 2.47. The van der Waals surface area contributed by atoms with E-state index >= 15 is 0 Å². The number of carbonyl (C=O) groups is 2. The van der Waals surface area contributed by atoms with Crippen molar-refractivity contribution in [2.24, 2.45) is 0 Å². The summed E-state index contributed by atoms with van der Waals surface area (Å²) in [6, 6.07) is 4.74. The number of halogens is 1. The molecule has 0 spiro atoms. The van der Waals surface area contributed by atoms with Crippen molar-refractivity contribution in [1.82, 2.24) is 5.32 Å². The number of benzene rings is 1. The maximum atomic E-state index is 11.5. The molecule has 6 heteroatoms. The average molecular weight is 271 g/mol. The molecule has 0 aliphatic carbocycles. The SMILES string of the molecule is Cc1ccc(O)c(NC(=O)C(=O)NCCCCl)c1. The van der Waals surface area contributed by atoms with Crippen molar-refractivity contribution in [1.29, 1.82) is 0 Å². The minimum absolute atomic E-state index is 0.0810. The number of aryl methyl sites for hydroxylation is 1. The third-order valence-electron chi connectivity index (χ3n) is 2.20. The Kier molecular flexibility index (Phi) is 5.45. The van der Waals surface area contributed by atoms with Gasteiger partial charge in [-0.3, -0.25) is 9.59 Å². The number of anilines is 1. The van der Waals surface area contributed by atoms with Crippen LogP contribution in [0.2, 0.25) is 0 Å². The summed E-state index contributed by atoms with van der Waals surface area (Å²) in [5, 5.41) is 14.3. The number of hydrogen-bond acceptors (Lipinski definition) is 3. The maximum absolute atomic E-state index is 11.5. The summed E-state index contributed by atoms with van der Waals surface area (Å²) in [5.74, 6) is -1.23. The lowest BCUT2D eigenvalue weighted by atomic mass is 10.2. The predicted octanol–water partition coefficient (Wildman–Crippen LogP) is 1.38. The van der Waals surface area contributed by atoms with Gasteiger partial charge in [-0.15, -0.1) is 11.6 Å². The Balaban J connectivity index is 2.58. The lowest BCUT2D eigenvalue weighted by Crippen LogP contribution is -2.36. The zero-order valence-corrected chi connectivity index (χ0v) is 10.8. The molecule has 0 aliphatic rings. The highest BCUT2D eigenvalue weighted by molar-refractivity contribution is 6.39. The van der Waals surface area contributed by atoms with Gasteiger partial charge in [0.25, 0.3) is 0 Å². The molecule has 18 heavy (non-hydrogen) atoms. The second kappa shape index (κ2) is 6.86. The highest BCUT2D eigenvalue weighted by Crippen LogP contribution is 2.23. The molecule has 3 N–H and O–H groups in total. The van der Waals surface area contributed by atoms with Crippen molar-refractivity contribution in [3.05, 3.63) is 23.8 Å². The summed E-state index contributed by atoms with van der Waals surface area (Å²) >= 11 is 5.45. The maximum Gasteiger partial charge on any atom is 0.313 e. The predicted molar refractivity (Wildman–Crippen MR) is 69.8 cm³/mol. The van der Waals surface area contributed by atoms with E-state index in [1.54, 1.807) is 12.1 Å². The van der Waals surface area contributed by atoms with E-state index in [1.807, 2.05) is 6.92 Å². The van der Waals surface area contributed by atoms with Crippen LogP contribution in [0.3, 0.4) is 0 Å². The number of aromatic hydroxyl groups is 1. The number of hydrogen-bond donors (Lipinski definition) is 3. The summed E-state index contributed by atoms with van der Waals surface area (Å²) in [7, 11) is 0. The molecule has 0 saturated heterocycles. The summed E-state index contributed by atoms with van der Waals surface area (Å²) in [6.45, 7) is 2.16. The van der Waals surface area contributed by atoms with E-state index in [-0.39, 0.29) is 11.4 Å². The fraction of sp³-hybridized carbons (Fsp3) is 0.333. The molecule has 0 aromatic heterocycles. The van der Waals surface area contributed by atoms with Crippen molar-refractivity contribution < 1.29 is 14.7 Å². The van der Waals surface area contributed by atoms with E-state index in [4.69, 9.17) is 11.6 Å². The normalized spacial score (nSPS) is 9.89. The third kappa shape index (κ3) is 4.25. The van der Waals surface area contributed by atoms with Gasteiger partial charge in [-0.25, -0.2) is 0 Å². The van der Waals surface area contributed by atoms with Gasteiger partial charge >= 0.3 is 11.8 Å². The molecule has 0 unspecified atom stereocenters. The quantitative estimate of drug-likeness (QED) is 0.335. The molecule has 1 aromatic rings. The van der Waals surface area contributed by atoms with Crippen LogP contribution in [0.25, 0.3) is 0 Å². The minimum atomic E-state index is -0.814. The monoisotopic (exact) mass is 270 g/mol. The fourth-order valence-electron chi connectivity index (χ4n) is 1.28. The lowest BCUT2D eigenvalue weighted by molar-refractivity contribution is -0.136. The Morgan fingerprint density at radius 2 is 2.06 bits per heavy atom. The molecule has 2 amide bonds. The molecule has 0 atom stereocenters. The Bertz CT molecular complexity index is 449. The van der Waals surface area contributed by atoms with Gasteiger partial charge in [-0.2, -0.15) is 0 Å². The van der Waals surface area contributed by atoms with Crippen molar-refractivity contribution in [3.63, 3.8) is 0 Å². The van der Waals surface area contributed by atoms with Gasteiger partial charge in [-0.1, -0.05) is 6.07 Å². The van der Waals surface area contributed by atoms with E-state index in [0.29, 0.717) is 18.8 Å².